The van der Waals surface area contributed by atoms with Gasteiger partial charge in [-0.15, -0.1) is 0 Å². The summed E-state index contributed by atoms with van der Waals surface area (Å²) in [5.74, 6) is 1.71. The molecule has 7 nitrogen and oxygen atoms in total. The lowest BCUT2D eigenvalue weighted by atomic mass is 10.2. The molecule has 0 spiro atoms. The van der Waals surface area contributed by atoms with E-state index in [0.29, 0.717) is 24.0 Å². The van der Waals surface area contributed by atoms with E-state index in [9.17, 15) is 0 Å². The third-order valence-electron chi connectivity index (χ3n) is 2.52. The Labute approximate surface area is 121 Å². The SMILES string of the molecule is COc1ccc(CNc2nc(N)nc(Cl)n2)cc1OC. The van der Waals surface area contributed by atoms with Crippen LogP contribution >= 0.6 is 11.6 Å². The van der Waals surface area contributed by atoms with Gasteiger partial charge in [0.25, 0.3) is 0 Å². The minimum absolute atomic E-state index is 0.0484. The predicted octanol–water partition coefficient (Wildman–Crippen LogP) is 1.74. The van der Waals surface area contributed by atoms with Gasteiger partial charge in [0.2, 0.25) is 17.2 Å². The molecule has 0 saturated carbocycles. The predicted molar refractivity (Wildman–Crippen MR) is 76.1 cm³/mol. The molecule has 3 N–H and O–H groups in total. The summed E-state index contributed by atoms with van der Waals surface area (Å²) < 4.78 is 10.4. The third-order valence-corrected chi connectivity index (χ3v) is 2.69. The van der Waals surface area contributed by atoms with Crippen LogP contribution in [0.25, 0.3) is 0 Å². The summed E-state index contributed by atoms with van der Waals surface area (Å²) in [6.07, 6.45) is 0. The summed E-state index contributed by atoms with van der Waals surface area (Å²) in [6, 6.07) is 5.59. The van der Waals surface area contributed by atoms with E-state index in [1.165, 1.54) is 0 Å². The molecule has 0 fully saturated rings. The maximum Gasteiger partial charge on any atom is 0.229 e. The first-order valence-electron chi connectivity index (χ1n) is 5.74. The molecule has 1 aromatic carbocycles. The van der Waals surface area contributed by atoms with Crippen molar-refractivity contribution in [2.75, 3.05) is 25.3 Å². The van der Waals surface area contributed by atoms with Crippen molar-refractivity contribution >= 4 is 23.5 Å². The highest BCUT2D eigenvalue weighted by Gasteiger charge is 2.06. The second-order valence-electron chi connectivity index (χ2n) is 3.83. The van der Waals surface area contributed by atoms with Crippen LogP contribution in [-0.2, 0) is 6.54 Å². The fourth-order valence-electron chi connectivity index (χ4n) is 1.62. The zero-order valence-corrected chi connectivity index (χ0v) is 11.8. The summed E-state index contributed by atoms with van der Waals surface area (Å²) >= 11 is 5.70. The fourth-order valence-corrected chi connectivity index (χ4v) is 1.78. The molecule has 0 aliphatic heterocycles. The Morgan fingerprint density at radius 2 is 1.90 bits per heavy atom. The number of aromatic nitrogens is 3. The van der Waals surface area contributed by atoms with Crippen molar-refractivity contribution in [3.05, 3.63) is 29.0 Å². The lowest BCUT2D eigenvalue weighted by Gasteiger charge is -2.10. The van der Waals surface area contributed by atoms with Gasteiger partial charge in [-0.3, -0.25) is 0 Å². The Hall–Kier alpha value is -2.28. The number of anilines is 2. The van der Waals surface area contributed by atoms with E-state index in [1.807, 2.05) is 18.2 Å². The summed E-state index contributed by atoms with van der Waals surface area (Å²) in [4.78, 5) is 11.5. The van der Waals surface area contributed by atoms with Crippen LogP contribution < -0.4 is 20.5 Å². The molecule has 0 radical (unpaired) electrons. The Balaban J connectivity index is 2.10. The highest BCUT2D eigenvalue weighted by atomic mass is 35.5. The molecule has 1 heterocycles. The average molecular weight is 296 g/mol. The van der Waals surface area contributed by atoms with Crippen LogP contribution in [0.3, 0.4) is 0 Å². The van der Waals surface area contributed by atoms with Crippen LogP contribution in [-0.4, -0.2) is 29.2 Å². The standard InChI is InChI=1S/C12H14ClN5O2/c1-19-8-4-3-7(5-9(8)20-2)6-15-12-17-10(13)16-11(14)18-12/h3-5H,6H2,1-2H3,(H3,14,15,16,17,18). The number of hydrogen-bond donors (Lipinski definition) is 2. The number of benzene rings is 1. The molecule has 2 aromatic rings. The second-order valence-corrected chi connectivity index (χ2v) is 4.17. The van der Waals surface area contributed by atoms with Crippen molar-refractivity contribution in [2.24, 2.45) is 0 Å². The Morgan fingerprint density at radius 1 is 1.15 bits per heavy atom. The maximum absolute atomic E-state index is 5.70. The monoisotopic (exact) mass is 295 g/mol. The largest absolute Gasteiger partial charge is 0.493 e. The number of nitrogens with two attached hydrogens (primary N) is 1. The van der Waals surface area contributed by atoms with Crippen molar-refractivity contribution in [3.8, 4) is 11.5 Å². The van der Waals surface area contributed by atoms with Crippen molar-refractivity contribution in [2.45, 2.75) is 6.54 Å². The van der Waals surface area contributed by atoms with Gasteiger partial charge >= 0.3 is 0 Å². The molecule has 8 heteroatoms. The molecule has 0 bridgehead atoms. The van der Waals surface area contributed by atoms with Gasteiger partial charge in [-0.1, -0.05) is 6.07 Å². The van der Waals surface area contributed by atoms with Crippen LogP contribution in [0.15, 0.2) is 18.2 Å². The lowest BCUT2D eigenvalue weighted by Crippen LogP contribution is -2.07. The first-order chi connectivity index (χ1) is 9.62. The zero-order chi connectivity index (χ0) is 14.5. The zero-order valence-electron chi connectivity index (χ0n) is 11.1. The molecule has 1 aromatic heterocycles. The van der Waals surface area contributed by atoms with Crippen LogP contribution in [0.1, 0.15) is 5.56 Å². The Bertz CT molecular complexity index is 588. The van der Waals surface area contributed by atoms with Crippen molar-refractivity contribution in [1.82, 2.24) is 15.0 Å². The number of nitrogens with zero attached hydrogens (tertiary/aromatic N) is 3. The molecule has 0 atom stereocenters. The number of halogens is 1. The third kappa shape index (κ3) is 3.39. The van der Waals surface area contributed by atoms with E-state index in [-0.39, 0.29) is 11.2 Å². The number of hydrogen-bond acceptors (Lipinski definition) is 7. The molecule has 20 heavy (non-hydrogen) atoms. The smallest absolute Gasteiger partial charge is 0.229 e. The number of nitrogen functional groups attached to an aromatic ring is 1. The molecule has 106 valence electrons. The van der Waals surface area contributed by atoms with Crippen LogP contribution in [0.5, 0.6) is 11.5 Å². The van der Waals surface area contributed by atoms with Gasteiger partial charge in [0.05, 0.1) is 14.2 Å². The Morgan fingerprint density at radius 3 is 2.55 bits per heavy atom. The van der Waals surface area contributed by atoms with Crippen LogP contribution in [0.4, 0.5) is 11.9 Å². The van der Waals surface area contributed by atoms with E-state index in [1.54, 1.807) is 14.2 Å². The van der Waals surface area contributed by atoms with Gasteiger partial charge in [0.1, 0.15) is 0 Å². The van der Waals surface area contributed by atoms with Gasteiger partial charge in [0, 0.05) is 6.54 Å². The summed E-state index contributed by atoms with van der Waals surface area (Å²) in [5.41, 5.74) is 6.46. The van der Waals surface area contributed by atoms with E-state index in [2.05, 4.69) is 20.3 Å². The molecule has 0 saturated heterocycles. The van der Waals surface area contributed by atoms with E-state index in [0.717, 1.165) is 5.56 Å². The van der Waals surface area contributed by atoms with Crippen LogP contribution in [0.2, 0.25) is 5.28 Å². The van der Waals surface area contributed by atoms with E-state index < -0.39 is 0 Å². The molecule has 2 rings (SSSR count). The maximum atomic E-state index is 5.70. The topological polar surface area (TPSA) is 95.2 Å². The normalized spacial score (nSPS) is 10.2. The van der Waals surface area contributed by atoms with Gasteiger partial charge in [-0.05, 0) is 29.3 Å². The molecule has 0 aliphatic rings. The highest BCUT2D eigenvalue weighted by Crippen LogP contribution is 2.27. The molecule has 0 unspecified atom stereocenters. The lowest BCUT2D eigenvalue weighted by molar-refractivity contribution is 0.354. The minimum Gasteiger partial charge on any atom is -0.493 e. The van der Waals surface area contributed by atoms with Crippen molar-refractivity contribution in [3.63, 3.8) is 0 Å². The minimum atomic E-state index is 0.0484. The first kappa shape index (κ1) is 14.1. The van der Waals surface area contributed by atoms with Gasteiger partial charge in [-0.25, -0.2) is 0 Å². The average Bonchev–Trinajstić information content (AvgIpc) is 2.43. The number of methoxy groups -OCH3 is 2. The van der Waals surface area contributed by atoms with E-state index in [4.69, 9.17) is 26.8 Å². The van der Waals surface area contributed by atoms with Crippen molar-refractivity contribution in [1.29, 1.82) is 0 Å². The van der Waals surface area contributed by atoms with Crippen LogP contribution in [0, 0.1) is 0 Å². The second kappa shape index (κ2) is 6.25. The Kier molecular flexibility index (Phi) is 4.41. The highest BCUT2D eigenvalue weighted by molar-refractivity contribution is 6.28. The molecular weight excluding hydrogens is 282 g/mol. The van der Waals surface area contributed by atoms with E-state index >= 15 is 0 Å². The van der Waals surface area contributed by atoms with Gasteiger partial charge < -0.3 is 20.5 Å². The molecule has 0 amide bonds. The number of rotatable bonds is 5. The molecular formula is C12H14ClN5O2. The fraction of sp³-hybridized carbons (Fsp3) is 0.250. The summed E-state index contributed by atoms with van der Waals surface area (Å²) in [6.45, 7) is 0.486. The number of ether oxygens (including phenoxy) is 2. The molecule has 0 aliphatic carbocycles. The summed E-state index contributed by atoms with van der Waals surface area (Å²) in [7, 11) is 3.17. The number of nitrogens with one attached hydrogen (secondary N) is 1. The van der Waals surface area contributed by atoms with Crippen molar-refractivity contribution < 1.29 is 9.47 Å². The quantitative estimate of drug-likeness (QED) is 0.867. The summed E-state index contributed by atoms with van der Waals surface area (Å²) in [5, 5.41) is 3.06. The van der Waals surface area contributed by atoms with Gasteiger partial charge in [0.15, 0.2) is 11.5 Å². The van der Waals surface area contributed by atoms with Gasteiger partial charge in [-0.2, -0.15) is 15.0 Å². The first-order valence-corrected chi connectivity index (χ1v) is 6.12.